The second-order valence-corrected chi connectivity index (χ2v) is 9.03. The molecule has 0 aromatic heterocycles. The van der Waals surface area contributed by atoms with Crippen molar-refractivity contribution in [1.29, 1.82) is 0 Å². The van der Waals surface area contributed by atoms with E-state index in [9.17, 15) is 4.79 Å². The Hall–Kier alpha value is -1.34. The lowest BCUT2D eigenvalue weighted by Gasteiger charge is -2.13. The maximum Gasteiger partial charge on any atom is 0.363 e. The number of benzene rings is 2. The minimum Gasteiger partial charge on any atom is -0.491 e. The van der Waals surface area contributed by atoms with Crippen LogP contribution >= 0.6 is 55.1 Å². The first-order chi connectivity index (χ1) is 13.2. The van der Waals surface area contributed by atoms with Gasteiger partial charge in [0.2, 0.25) is 5.90 Å². The monoisotopic (exact) mass is 545 g/mol. The first-order valence-corrected chi connectivity index (χ1v) is 10.7. The molecule has 1 heterocycles. The number of ether oxygens (including phenoxy) is 2. The van der Waals surface area contributed by atoms with Gasteiger partial charge in [0.25, 0.3) is 0 Å². The topological polar surface area (TPSA) is 47.9 Å². The Morgan fingerprint density at radius 2 is 1.86 bits per heavy atom. The van der Waals surface area contributed by atoms with Crippen molar-refractivity contribution in [2.75, 3.05) is 6.61 Å². The summed E-state index contributed by atoms with van der Waals surface area (Å²) in [5.74, 6) is 0.713. The van der Waals surface area contributed by atoms with Crippen LogP contribution in [0.2, 0.25) is 10.0 Å². The molecule has 0 spiro atoms. The summed E-state index contributed by atoms with van der Waals surface area (Å²) in [5, 5.41) is 0.848. The Morgan fingerprint density at radius 3 is 2.46 bits per heavy atom. The molecule has 0 fully saturated rings. The zero-order chi connectivity index (χ0) is 20.4. The van der Waals surface area contributed by atoms with Gasteiger partial charge in [0, 0.05) is 5.02 Å². The molecule has 0 bridgehead atoms. The van der Waals surface area contributed by atoms with E-state index in [2.05, 4.69) is 50.7 Å². The molecule has 0 saturated heterocycles. The summed E-state index contributed by atoms with van der Waals surface area (Å²) in [6, 6.07) is 8.59. The quantitative estimate of drug-likeness (QED) is 0.302. The summed E-state index contributed by atoms with van der Waals surface area (Å²) in [6.45, 7) is 4.75. The van der Waals surface area contributed by atoms with Crippen LogP contribution in [-0.4, -0.2) is 18.5 Å². The van der Waals surface area contributed by atoms with E-state index in [0.717, 1.165) is 14.5 Å². The van der Waals surface area contributed by atoms with Crippen LogP contribution in [0.4, 0.5) is 0 Å². The van der Waals surface area contributed by atoms with E-state index in [1.54, 1.807) is 24.3 Å². The number of hydrogen-bond donors (Lipinski definition) is 0. The Morgan fingerprint density at radius 1 is 1.18 bits per heavy atom. The first kappa shape index (κ1) is 21.4. The first-order valence-electron chi connectivity index (χ1n) is 8.34. The molecule has 0 unspecified atom stereocenters. The molecule has 0 radical (unpaired) electrons. The highest BCUT2D eigenvalue weighted by molar-refractivity contribution is 9.11. The van der Waals surface area contributed by atoms with Gasteiger partial charge in [-0.3, -0.25) is 0 Å². The van der Waals surface area contributed by atoms with Gasteiger partial charge in [-0.25, -0.2) is 9.79 Å². The predicted molar refractivity (Wildman–Crippen MR) is 119 cm³/mol. The number of rotatable bonds is 5. The summed E-state index contributed by atoms with van der Waals surface area (Å²) < 4.78 is 12.6. The number of nitrogens with zero attached hydrogens (tertiary/aromatic N) is 1. The van der Waals surface area contributed by atoms with Gasteiger partial charge in [-0.15, -0.1) is 0 Å². The standard InChI is InChI=1S/C20H15Br2Cl2NO3/c1-10(2)9-27-18-14(21)5-11(6-15(18)22)7-17-20(26)28-19(25-17)13-4-3-12(23)8-16(13)24/h3-8,10H,9H2,1-2H3/b17-7-. The zero-order valence-corrected chi connectivity index (χ0v) is 19.6. The van der Waals surface area contributed by atoms with Gasteiger partial charge in [0.15, 0.2) is 5.70 Å². The number of halogens is 4. The molecule has 0 amide bonds. The smallest absolute Gasteiger partial charge is 0.363 e. The van der Waals surface area contributed by atoms with E-state index >= 15 is 0 Å². The van der Waals surface area contributed by atoms with Gasteiger partial charge < -0.3 is 9.47 Å². The Labute approximate surface area is 189 Å². The third-order valence-electron chi connectivity index (χ3n) is 3.67. The average Bonchev–Trinajstić information content (AvgIpc) is 2.94. The Balaban J connectivity index is 1.90. The summed E-state index contributed by atoms with van der Waals surface area (Å²) in [4.78, 5) is 16.5. The van der Waals surface area contributed by atoms with Gasteiger partial charge in [0.1, 0.15) is 5.75 Å². The maximum absolute atomic E-state index is 12.2. The summed E-state index contributed by atoms with van der Waals surface area (Å²) in [5.41, 5.74) is 1.44. The molecule has 2 aromatic rings. The van der Waals surface area contributed by atoms with E-state index in [4.69, 9.17) is 32.7 Å². The molecule has 28 heavy (non-hydrogen) atoms. The molecule has 3 rings (SSSR count). The highest BCUT2D eigenvalue weighted by Gasteiger charge is 2.26. The van der Waals surface area contributed by atoms with E-state index in [1.165, 1.54) is 0 Å². The second-order valence-electron chi connectivity index (χ2n) is 6.48. The van der Waals surface area contributed by atoms with Crippen LogP contribution in [0.15, 0.2) is 50.0 Å². The van der Waals surface area contributed by atoms with E-state index in [0.29, 0.717) is 33.9 Å². The van der Waals surface area contributed by atoms with Crippen LogP contribution in [-0.2, 0) is 9.53 Å². The van der Waals surface area contributed by atoms with Crippen LogP contribution in [0.25, 0.3) is 6.08 Å². The number of hydrogen-bond acceptors (Lipinski definition) is 4. The molecule has 0 saturated carbocycles. The van der Waals surface area contributed by atoms with Crippen LogP contribution < -0.4 is 4.74 Å². The normalized spacial score (nSPS) is 15.2. The van der Waals surface area contributed by atoms with E-state index in [1.807, 2.05) is 12.1 Å². The van der Waals surface area contributed by atoms with Crippen LogP contribution in [0.1, 0.15) is 25.0 Å². The van der Waals surface area contributed by atoms with Gasteiger partial charge >= 0.3 is 5.97 Å². The second kappa shape index (κ2) is 8.99. The SMILES string of the molecule is CC(C)COc1c(Br)cc(/C=C2\N=C(c3ccc(Cl)cc3Cl)OC2=O)cc1Br. The molecule has 1 aliphatic rings. The minimum atomic E-state index is -0.548. The molecule has 0 N–H and O–H groups in total. The highest BCUT2D eigenvalue weighted by atomic mass is 79.9. The summed E-state index contributed by atoms with van der Waals surface area (Å²) in [7, 11) is 0. The van der Waals surface area contributed by atoms with Gasteiger partial charge in [0.05, 0.1) is 26.1 Å². The molecular formula is C20H15Br2Cl2NO3. The van der Waals surface area contributed by atoms with E-state index < -0.39 is 5.97 Å². The van der Waals surface area contributed by atoms with Crippen molar-refractivity contribution < 1.29 is 14.3 Å². The van der Waals surface area contributed by atoms with Crippen molar-refractivity contribution in [1.82, 2.24) is 0 Å². The van der Waals surface area contributed by atoms with Crippen molar-refractivity contribution >= 4 is 73.0 Å². The minimum absolute atomic E-state index is 0.146. The third kappa shape index (κ3) is 4.98. The van der Waals surface area contributed by atoms with Crippen molar-refractivity contribution in [2.45, 2.75) is 13.8 Å². The van der Waals surface area contributed by atoms with Crippen LogP contribution in [0, 0.1) is 5.92 Å². The molecule has 0 aliphatic carbocycles. The Kier molecular flexibility index (Phi) is 6.86. The van der Waals surface area contributed by atoms with E-state index in [-0.39, 0.29) is 11.6 Å². The fourth-order valence-electron chi connectivity index (χ4n) is 2.40. The fourth-order valence-corrected chi connectivity index (χ4v) is 4.34. The number of cyclic esters (lactones) is 1. The molecule has 2 aromatic carbocycles. The molecule has 8 heteroatoms. The summed E-state index contributed by atoms with van der Waals surface area (Å²) in [6.07, 6.45) is 1.64. The lowest BCUT2D eigenvalue weighted by Crippen LogP contribution is -2.06. The molecule has 146 valence electrons. The summed E-state index contributed by atoms with van der Waals surface area (Å²) >= 11 is 19.1. The van der Waals surface area contributed by atoms with Crippen molar-refractivity contribution in [3.05, 3.63) is 66.1 Å². The van der Waals surface area contributed by atoms with Crippen molar-refractivity contribution in [2.24, 2.45) is 10.9 Å². The predicted octanol–water partition coefficient (Wildman–Crippen LogP) is 6.90. The number of esters is 1. The number of aliphatic imine (C=N–C) groups is 1. The third-order valence-corrected chi connectivity index (χ3v) is 5.39. The van der Waals surface area contributed by atoms with Crippen LogP contribution in [0.5, 0.6) is 5.75 Å². The highest BCUT2D eigenvalue weighted by Crippen LogP contribution is 2.36. The van der Waals surface area contributed by atoms with Gasteiger partial charge in [-0.1, -0.05) is 37.0 Å². The van der Waals surface area contributed by atoms with Crippen molar-refractivity contribution in [3.8, 4) is 5.75 Å². The lowest BCUT2D eigenvalue weighted by molar-refractivity contribution is -0.129. The average molecular weight is 548 g/mol. The van der Waals surface area contributed by atoms with Crippen LogP contribution in [0.3, 0.4) is 0 Å². The Bertz CT molecular complexity index is 980. The van der Waals surface area contributed by atoms with Gasteiger partial charge in [-0.05, 0) is 79.7 Å². The lowest BCUT2D eigenvalue weighted by atomic mass is 10.2. The van der Waals surface area contributed by atoms with Crippen molar-refractivity contribution in [3.63, 3.8) is 0 Å². The molecular weight excluding hydrogens is 533 g/mol. The maximum atomic E-state index is 12.2. The van der Waals surface area contributed by atoms with Gasteiger partial charge in [-0.2, -0.15) is 0 Å². The number of carbonyl (C=O) groups is 1. The molecule has 4 nitrogen and oxygen atoms in total. The molecule has 1 aliphatic heterocycles. The fraction of sp³-hybridized carbons (Fsp3) is 0.200. The number of carbonyl (C=O) groups excluding carboxylic acids is 1. The molecule has 0 atom stereocenters. The largest absolute Gasteiger partial charge is 0.491 e. The zero-order valence-electron chi connectivity index (χ0n) is 14.9.